The van der Waals surface area contributed by atoms with Crippen LogP contribution < -0.4 is 10.1 Å². The molecule has 1 aliphatic heterocycles. The zero-order chi connectivity index (χ0) is 20.5. The predicted octanol–water partition coefficient (Wildman–Crippen LogP) is 5.35. The number of hydrogen-bond acceptors (Lipinski definition) is 5. The summed E-state index contributed by atoms with van der Waals surface area (Å²) in [6, 6.07) is 8.77. The Labute approximate surface area is 165 Å². The summed E-state index contributed by atoms with van der Waals surface area (Å²) in [6.07, 6.45) is -3.30. The van der Waals surface area contributed by atoms with Gasteiger partial charge in [0.25, 0.3) is 11.1 Å². The van der Waals surface area contributed by atoms with Gasteiger partial charge < -0.3 is 4.74 Å². The van der Waals surface area contributed by atoms with Gasteiger partial charge in [0.05, 0.1) is 27.1 Å². The molecule has 10 heteroatoms. The largest absolute Gasteiger partial charge is 0.455 e. The molecule has 2 amide bonds. The number of thioether (sulfide) groups is 1. The number of nitrogens with zero attached hydrogens (tertiary/aromatic N) is 1. The van der Waals surface area contributed by atoms with Gasteiger partial charge in [0.2, 0.25) is 0 Å². The van der Waals surface area contributed by atoms with Crippen LogP contribution >= 0.6 is 23.4 Å². The summed E-state index contributed by atoms with van der Waals surface area (Å²) in [4.78, 5) is 22.9. The number of imide groups is 1. The van der Waals surface area contributed by atoms with E-state index in [9.17, 15) is 22.8 Å². The molecule has 1 aliphatic rings. The van der Waals surface area contributed by atoms with E-state index in [4.69, 9.17) is 21.6 Å². The maximum absolute atomic E-state index is 13.2. The summed E-state index contributed by atoms with van der Waals surface area (Å²) in [5.41, 5.74) is -0.804. The van der Waals surface area contributed by atoms with Gasteiger partial charge in [-0.1, -0.05) is 17.7 Å². The van der Waals surface area contributed by atoms with Crippen LogP contribution in [-0.4, -0.2) is 11.1 Å². The molecule has 0 unspecified atom stereocenters. The molecule has 1 fully saturated rings. The molecule has 2 aromatic rings. The minimum absolute atomic E-state index is 0.00145. The van der Waals surface area contributed by atoms with E-state index in [2.05, 4.69) is 5.32 Å². The Morgan fingerprint density at radius 3 is 2.43 bits per heavy atom. The monoisotopic (exact) mass is 424 g/mol. The summed E-state index contributed by atoms with van der Waals surface area (Å²) in [7, 11) is 0. The lowest BCUT2D eigenvalue weighted by Crippen LogP contribution is -2.17. The Bertz CT molecular complexity index is 1060. The number of amides is 2. The van der Waals surface area contributed by atoms with Crippen LogP contribution in [-0.2, 0) is 11.0 Å². The lowest BCUT2D eigenvalue weighted by Gasteiger charge is -2.15. The fourth-order valence-corrected chi connectivity index (χ4v) is 3.20. The fourth-order valence-electron chi connectivity index (χ4n) is 2.29. The highest BCUT2D eigenvalue weighted by molar-refractivity contribution is 8.18. The first kappa shape index (κ1) is 19.8. The Morgan fingerprint density at radius 1 is 1.14 bits per heavy atom. The van der Waals surface area contributed by atoms with E-state index in [0.717, 1.165) is 17.8 Å². The molecule has 28 heavy (non-hydrogen) atoms. The topological polar surface area (TPSA) is 79.2 Å². The number of nitriles is 1. The third-order valence-electron chi connectivity index (χ3n) is 3.53. The molecule has 1 N–H and O–H groups in total. The van der Waals surface area contributed by atoms with Crippen LogP contribution in [0.5, 0.6) is 11.5 Å². The lowest BCUT2D eigenvalue weighted by atomic mass is 10.1. The molecule has 0 aromatic heterocycles. The van der Waals surface area contributed by atoms with Gasteiger partial charge >= 0.3 is 6.18 Å². The smallest absolute Gasteiger partial charge is 0.420 e. The van der Waals surface area contributed by atoms with Gasteiger partial charge in [-0.25, -0.2) is 0 Å². The molecule has 0 spiro atoms. The average molecular weight is 425 g/mol. The first-order valence-corrected chi connectivity index (χ1v) is 8.70. The number of rotatable bonds is 3. The minimum Gasteiger partial charge on any atom is -0.455 e. The highest BCUT2D eigenvalue weighted by atomic mass is 35.5. The summed E-state index contributed by atoms with van der Waals surface area (Å²) < 4.78 is 45.0. The van der Waals surface area contributed by atoms with Crippen molar-refractivity contribution in [1.82, 2.24) is 5.32 Å². The zero-order valence-corrected chi connectivity index (χ0v) is 15.2. The van der Waals surface area contributed by atoms with Crippen LogP contribution in [0.3, 0.4) is 0 Å². The Morgan fingerprint density at radius 2 is 1.86 bits per heavy atom. The lowest BCUT2D eigenvalue weighted by molar-refractivity contribution is -0.138. The normalized spacial score (nSPS) is 15.5. The van der Waals surface area contributed by atoms with Crippen LogP contribution in [0.4, 0.5) is 18.0 Å². The number of nitrogens with one attached hydrogen (secondary N) is 1. The Balaban J connectivity index is 1.91. The van der Waals surface area contributed by atoms with Crippen molar-refractivity contribution in [2.75, 3.05) is 0 Å². The SMILES string of the molecule is N#Cc1ccc(Oc2ccc(/C=C3/SC(=O)NC3=O)cc2Cl)c(C(F)(F)F)c1. The molecular formula is C18H8ClF3N2O3S. The maximum atomic E-state index is 13.2. The van der Waals surface area contributed by atoms with Crippen molar-refractivity contribution >= 4 is 40.6 Å². The maximum Gasteiger partial charge on any atom is 0.420 e. The Kier molecular flexibility index (Phi) is 5.36. The number of hydrogen-bond donors (Lipinski definition) is 1. The Hall–Kier alpha value is -2.96. The summed E-state index contributed by atoms with van der Waals surface area (Å²) in [6.45, 7) is 0. The van der Waals surface area contributed by atoms with Crippen LogP contribution in [0.15, 0.2) is 41.3 Å². The number of carbonyl (C=O) groups excluding carboxylic acids is 2. The molecule has 0 aliphatic carbocycles. The molecule has 0 bridgehead atoms. The molecule has 5 nitrogen and oxygen atoms in total. The van der Waals surface area contributed by atoms with Gasteiger partial charge in [-0.05, 0) is 53.7 Å². The standard InChI is InChI=1S/C18H8ClF3N2O3S/c19-12-6-9(7-15-16(25)24-17(26)28-15)1-4-14(12)27-13-3-2-10(8-23)5-11(13)18(20,21)22/h1-7H,(H,24,25,26)/b15-7+. The van der Waals surface area contributed by atoms with E-state index in [1.54, 1.807) is 6.07 Å². The number of benzene rings is 2. The molecule has 142 valence electrons. The van der Waals surface area contributed by atoms with Gasteiger partial charge in [-0.2, -0.15) is 18.4 Å². The van der Waals surface area contributed by atoms with Crippen molar-refractivity contribution in [1.29, 1.82) is 5.26 Å². The van der Waals surface area contributed by atoms with E-state index >= 15 is 0 Å². The predicted molar refractivity (Wildman–Crippen MR) is 96.8 cm³/mol. The van der Waals surface area contributed by atoms with Crippen molar-refractivity contribution in [2.24, 2.45) is 0 Å². The second kappa shape index (κ2) is 7.58. The molecule has 1 heterocycles. The average Bonchev–Trinajstić information content (AvgIpc) is 2.93. The molecule has 3 rings (SSSR count). The van der Waals surface area contributed by atoms with Crippen molar-refractivity contribution in [2.45, 2.75) is 6.18 Å². The second-order valence-electron chi connectivity index (χ2n) is 5.46. The highest BCUT2D eigenvalue weighted by Crippen LogP contribution is 2.40. The fraction of sp³-hybridized carbons (Fsp3) is 0.0556. The van der Waals surface area contributed by atoms with Crippen LogP contribution in [0.2, 0.25) is 5.02 Å². The number of halogens is 4. The number of ether oxygens (including phenoxy) is 1. The van der Waals surface area contributed by atoms with Gasteiger partial charge in [0.1, 0.15) is 11.5 Å². The van der Waals surface area contributed by atoms with E-state index in [1.165, 1.54) is 30.3 Å². The van der Waals surface area contributed by atoms with Crippen LogP contribution in [0, 0.1) is 11.3 Å². The molecule has 0 radical (unpaired) electrons. The molecule has 0 atom stereocenters. The van der Waals surface area contributed by atoms with E-state index in [0.29, 0.717) is 11.6 Å². The third-order valence-corrected chi connectivity index (χ3v) is 4.64. The third kappa shape index (κ3) is 4.30. The zero-order valence-electron chi connectivity index (χ0n) is 13.6. The van der Waals surface area contributed by atoms with E-state index < -0.39 is 28.6 Å². The van der Waals surface area contributed by atoms with Crippen molar-refractivity contribution in [3.05, 3.63) is 63.0 Å². The second-order valence-corrected chi connectivity index (χ2v) is 6.89. The van der Waals surface area contributed by atoms with Crippen molar-refractivity contribution in [3.63, 3.8) is 0 Å². The summed E-state index contributed by atoms with van der Waals surface area (Å²) in [5.74, 6) is -1.09. The highest BCUT2D eigenvalue weighted by Gasteiger charge is 2.35. The number of alkyl halides is 3. The minimum atomic E-state index is -4.72. The molecular weight excluding hydrogens is 417 g/mol. The van der Waals surface area contributed by atoms with Gasteiger partial charge in [-0.3, -0.25) is 14.9 Å². The van der Waals surface area contributed by atoms with Gasteiger partial charge in [-0.15, -0.1) is 0 Å². The van der Waals surface area contributed by atoms with Crippen LogP contribution in [0.1, 0.15) is 16.7 Å². The summed E-state index contributed by atoms with van der Waals surface area (Å²) in [5, 5.41) is 10.4. The van der Waals surface area contributed by atoms with E-state index in [-0.39, 0.29) is 21.2 Å². The summed E-state index contributed by atoms with van der Waals surface area (Å²) >= 11 is 6.82. The van der Waals surface area contributed by atoms with Crippen molar-refractivity contribution in [3.8, 4) is 17.6 Å². The van der Waals surface area contributed by atoms with Gasteiger partial charge in [0, 0.05) is 0 Å². The quantitative estimate of drug-likeness (QED) is 0.672. The number of carbonyl (C=O) groups is 2. The van der Waals surface area contributed by atoms with Crippen molar-refractivity contribution < 1.29 is 27.5 Å². The molecule has 1 saturated heterocycles. The first-order valence-electron chi connectivity index (χ1n) is 7.51. The van der Waals surface area contributed by atoms with Gasteiger partial charge in [0.15, 0.2) is 0 Å². The first-order chi connectivity index (χ1) is 13.2. The molecule has 0 saturated carbocycles. The van der Waals surface area contributed by atoms with Crippen LogP contribution in [0.25, 0.3) is 6.08 Å². The molecule has 2 aromatic carbocycles. The van der Waals surface area contributed by atoms with E-state index in [1.807, 2.05) is 0 Å².